The second kappa shape index (κ2) is 14.1. The van der Waals surface area contributed by atoms with Crippen molar-refractivity contribution in [1.29, 1.82) is 0 Å². The molecule has 0 amide bonds. The molecule has 0 aliphatic carbocycles. The fourth-order valence-corrected chi connectivity index (χ4v) is 2.89. The SMILES string of the molecule is CCCCCCCCCC(OC(OCC)OCC)c1cc(F)cc(F)c1. The molecule has 0 N–H and O–H groups in total. The Morgan fingerprint density at radius 3 is 1.85 bits per heavy atom. The van der Waals surface area contributed by atoms with Gasteiger partial charge in [0, 0.05) is 19.3 Å². The van der Waals surface area contributed by atoms with E-state index in [9.17, 15) is 8.78 Å². The Morgan fingerprint density at radius 1 is 0.769 bits per heavy atom. The molecule has 0 bridgehead atoms. The van der Waals surface area contributed by atoms with Crippen LogP contribution in [0.3, 0.4) is 0 Å². The van der Waals surface area contributed by atoms with Crippen LogP contribution in [0.1, 0.15) is 83.8 Å². The second-order valence-corrected chi connectivity index (χ2v) is 6.44. The standard InChI is InChI=1S/C21H34F2O3/c1-4-7-8-9-10-11-12-13-20(26-21(24-5-2)25-6-3)17-14-18(22)16-19(23)15-17/h14-16,20-21H,4-13H2,1-3H3. The first-order valence-corrected chi connectivity index (χ1v) is 9.95. The van der Waals surface area contributed by atoms with Gasteiger partial charge in [0.25, 0.3) is 6.48 Å². The van der Waals surface area contributed by atoms with Crippen LogP contribution in [0.15, 0.2) is 18.2 Å². The van der Waals surface area contributed by atoms with E-state index < -0.39 is 24.2 Å². The summed E-state index contributed by atoms with van der Waals surface area (Å²) < 4.78 is 44.0. The first-order chi connectivity index (χ1) is 12.6. The summed E-state index contributed by atoms with van der Waals surface area (Å²) >= 11 is 0. The summed E-state index contributed by atoms with van der Waals surface area (Å²) in [4.78, 5) is 0. The number of benzene rings is 1. The quantitative estimate of drug-likeness (QED) is 0.259. The molecule has 5 heteroatoms. The predicted octanol–water partition coefficient (Wildman–Crippen LogP) is 6.52. The zero-order valence-electron chi connectivity index (χ0n) is 16.4. The molecule has 0 radical (unpaired) electrons. The molecule has 26 heavy (non-hydrogen) atoms. The molecule has 0 aliphatic heterocycles. The van der Waals surface area contributed by atoms with E-state index in [4.69, 9.17) is 14.2 Å². The van der Waals surface area contributed by atoms with Crippen molar-refractivity contribution in [1.82, 2.24) is 0 Å². The topological polar surface area (TPSA) is 27.7 Å². The fourth-order valence-electron chi connectivity index (χ4n) is 2.89. The van der Waals surface area contributed by atoms with Crippen molar-refractivity contribution in [2.24, 2.45) is 0 Å². The van der Waals surface area contributed by atoms with E-state index in [-0.39, 0.29) is 0 Å². The molecule has 0 heterocycles. The number of hydrogen-bond donors (Lipinski definition) is 0. The lowest BCUT2D eigenvalue weighted by Gasteiger charge is -2.25. The van der Waals surface area contributed by atoms with Crippen LogP contribution in [-0.2, 0) is 14.2 Å². The van der Waals surface area contributed by atoms with E-state index in [1.165, 1.54) is 44.2 Å². The molecule has 1 aromatic carbocycles. The third-order valence-electron chi connectivity index (χ3n) is 4.21. The van der Waals surface area contributed by atoms with E-state index in [0.717, 1.165) is 18.9 Å². The summed E-state index contributed by atoms with van der Waals surface area (Å²) in [5, 5.41) is 0. The van der Waals surface area contributed by atoms with E-state index in [0.29, 0.717) is 25.2 Å². The molecule has 0 aliphatic rings. The van der Waals surface area contributed by atoms with Gasteiger partial charge in [0.05, 0.1) is 6.10 Å². The highest BCUT2D eigenvalue weighted by Gasteiger charge is 2.20. The second-order valence-electron chi connectivity index (χ2n) is 6.44. The molecule has 3 nitrogen and oxygen atoms in total. The number of rotatable bonds is 15. The summed E-state index contributed by atoms with van der Waals surface area (Å²) in [5.74, 6) is -1.20. The maximum absolute atomic E-state index is 13.6. The van der Waals surface area contributed by atoms with Gasteiger partial charge in [0.15, 0.2) is 0 Å². The van der Waals surface area contributed by atoms with Gasteiger partial charge >= 0.3 is 0 Å². The summed E-state index contributed by atoms with van der Waals surface area (Å²) in [6.07, 6.45) is 8.40. The molecule has 1 unspecified atom stereocenters. The minimum Gasteiger partial charge on any atom is -0.330 e. The van der Waals surface area contributed by atoms with Crippen LogP contribution in [0.5, 0.6) is 0 Å². The molecule has 0 fully saturated rings. The largest absolute Gasteiger partial charge is 0.330 e. The number of ether oxygens (including phenoxy) is 3. The van der Waals surface area contributed by atoms with Crippen LogP contribution in [-0.4, -0.2) is 19.7 Å². The molecule has 0 saturated heterocycles. The zero-order chi connectivity index (χ0) is 19.2. The minimum absolute atomic E-state index is 0.437. The van der Waals surface area contributed by atoms with E-state index >= 15 is 0 Å². The molecular weight excluding hydrogens is 338 g/mol. The molecule has 1 atom stereocenters. The van der Waals surface area contributed by atoms with Gasteiger partial charge in [-0.25, -0.2) is 8.78 Å². The molecule has 1 aromatic rings. The van der Waals surface area contributed by atoms with E-state index in [1.807, 2.05) is 13.8 Å². The molecule has 1 rings (SSSR count). The lowest BCUT2D eigenvalue weighted by Crippen LogP contribution is -2.24. The summed E-state index contributed by atoms with van der Waals surface area (Å²) in [7, 11) is 0. The van der Waals surface area contributed by atoms with Crippen LogP contribution < -0.4 is 0 Å². The average Bonchev–Trinajstić information content (AvgIpc) is 2.59. The first-order valence-electron chi connectivity index (χ1n) is 9.95. The Labute approximate surface area is 157 Å². The van der Waals surface area contributed by atoms with Gasteiger partial charge in [-0.2, -0.15) is 0 Å². The minimum atomic E-state index is -0.828. The highest BCUT2D eigenvalue weighted by atomic mass is 19.1. The van der Waals surface area contributed by atoms with Crippen molar-refractivity contribution in [3.63, 3.8) is 0 Å². The Kier molecular flexibility index (Phi) is 12.4. The molecule has 0 aromatic heterocycles. The van der Waals surface area contributed by atoms with Gasteiger partial charge in [-0.15, -0.1) is 0 Å². The molecular formula is C21H34F2O3. The Morgan fingerprint density at radius 2 is 1.31 bits per heavy atom. The van der Waals surface area contributed by atoms with Gasteiger partial charge in [-0.05, 0) is 38.0 Å². The summed E-state index contributed by atoms with van der Waals surface area (Å²) in [5.41, 5.74) is 0.484. The highest BCUT2D eigenvalue weighted by Crippen LogP contribution is 2.28. The van der Waals surface area contributed by atoms with E-state index in [1.54, 1.807) is 0 Å². The monoisotopic (exact) mass is 372 g/mol. The van der Waals surface area contributed by atoms with Gasteiger partial charge < -0.3 is 14.2 Å². The predicted molar refractivity (Wildman–Crippen MR) is 99.8 cm³/mol. The maximum Gasteiger partial charge on any atom is 0.272 e. The van der Waals surface area contributed by atoms with Crippen molar-refractivity contribution >= 4 is 0 Å². The van der Waals surface area contributed by atoms with Crippen molar-refractivity contribution in [3.05, 3.63) is 35.4 Å². The maximum atomic E-state index is 13.6. The van der Waals surface area contributed by atoms with Crippen molar-refractivity contribution in [2.75, 3.05) is 13.2 Å². The summed E-state index contributed by atoms with van der Waals surface area (Å²) in [6, 6.07) is 3.52. The number of unbranched alkanes of at least 4 members (excludes halogenated alkanes) is 6. The van der Waals surface area contributed by atoms with E-state index in [2.05, 4.69) is 6.92 Å². The Bertz CT molecular complexity index is 456. The van der Waals surface area contributed by atoms with Crippen LogP contribution in [0, 0.1) is 11.6 Å². The third kappa shape index (κ3) is 9.60. The van der Waals surface area contributed by atoms with Crippen LogP contribution in [0.2, 0.25) is 0 Å². The van der Waals surface area contributed by atoms with Crippen LogP contribution >= 0.6 is 0 Å². The van der Waals surface area contributed by atoms with Crippen molar-refractivity contribution in [3.8, 4) is 0 Å². The fraction of sp³-hybridized carbons (Fsp3) is 0.714. The number of halogens is 2. The Hall–Kier alpha value is -1.04. The lowest BCUT2D eigenvalue weighted by molar-refractivity contribution is -0.304. The first kappa shape index (κ1) is 23.0. The van der Waals surface area contributed by atoms with Gasteiger partial charge in [-0.1, -0.05) is 51.9 Å². The van der Waals surface area contributed by atoms with Crippen LogP contribution in [0.4, 0.5) is 8.78 Å². The van der Waals surface area contributed by atoms with Gasteiger partial charge in [0.1, 0.15) is 11.6 Å². The number of hydrogen-bond acceptors (Lipinski definition) is 3. The van der Waals surface area contributed by atoms with Crippen molar-refractivity contribution < 1.29 is 23.0 Å². The average molecular weight is 372 g/mol. The highest BCUT2D eigenvalue weighted by molar-refractivity contribution is 5.20. The molecule has 0 spiro atoms. The normalized spacial score (nSPS) is 12.7. The van der Waals surface area contributed by atoms with Crippen LogP contribution in [0.25, 0.3) is 0 Å². The molecule has 150 valence electrons. The molecule has 0 saturated carbocycles. The van der Waals surface area contributed by atoms with Crippen molar-refractivity contribution in [2.45, 2.75) is 84.7 Å². The zero-order valence-corrected chi connectivity index (χ0v) is 16.4. The van der Waals surface area contributed by atoms with Gasteiger partial charge in [0.2, 0.25) is 0 Å². The smallest absolute Gasteiger partial charge is 0.272 e. The summed E-state index contributed by atoms with van der Waals surface area (Å²) in [6.45, 7) is 5.95. The van der Waals surface area contributed by atoms with Gasteiger partial charge in [-0.3, -0.25) is 0 Å². The third-order valence-corrected chi connectivity index (χ3v) is 4.21. The lowest BCUT2D eigenvalue weighted by atomic mass is 10.0. The Balaban J connectivity index is 2.65.